The summed E-state index contributed by atoms with van der Waals surface area (Å²) in [7, 11) is 0. The second kappa shape index (κ2) is 7.61. The lowest BCUT2D eigenvalue weighted by Crippen LogP contribution is -2.25. The van der Waals surface area contributed by atoms with Crippen LogP contribution in [-0.4, -0.2) is 26.5 Å². The maximum Gasteiger partial charge on any atom is 0.0535 e. The molecule has 0 amide bonds. The minimum Gasteiger partial charge on any atom is -0.312 e. The molecule has 1 unspecified atom stereocenters. The molecule has 0 saturated heterocycles. The van der Waals surface area contributed by atoms with E-state index in [1.165, 1.54) is 11.3 Å². The minimum absolute atomic E-state index is 0. The number of rotatable bonds is 6. The summed E-state index contributed by atoms with van der Waals surface area (Å²) in [5.41, 5.74) is 2.57. The van der Waals surface area contributed by atoms with Crippen molar-refractivity contribution in [2.75, 3.05) is 6.54 Å². The monoisotopic (exact) mass is 311 g/mol. The van der Waals surface area contributed by atoms with Crippen LogP contribution in [0.5, 0.6) is 0 Å². The summed E-state index contributed by atoms with van der Waals surface area (Å²) in [5, 5.41) is 15.0. The van der Waals surface area contributed by atoms with Gasteiger partial charge in [0, 0.05) is 42.2 Å². The highest BCUT2D eigenvalue weighted by Gasteiger charge is 2.19. The molecule has 0 aliphatic carbocycles. The van der Waals surface area contributed by atoms with E-state index in [1.807, 2.05) is 29.3 Å². The van der Waals surface area contributed by atoms with Gasteiger partial charge in [0.25, 0.3) is 0 Å². The number of aromatic amines is 1. The van der Waals surface area contributed by atoms with Crippen LogP contribution in [0.1, 0.15) is 39.0 Å². The molecule has 2 N–H and O–H groups in total. The smallest absolute Gasteiger partial charge is 0.0535 e. The highest BCUT2D eigenvalue weighted by molar-refractivity contribution is 5.85. The molecule has 2 rings (SSSR count). The number of H-pyrrole nitrogens is 1. The highest BCUT2D eigenvalue weighted by Crippen LogP contribution is 2.23. The van der Waals surface area contributed by atoms with E-state index in [1.54, 1.807) is 0 Å². The van der Waals surface area contributed by atoms with Gasteiger partial charge in [-0.25, -0.2) is 0 Å². The quantitative estimate of drug-likeness (QED) is 0.862. The molecule has 0 aromatic carbocycles. The summed E-state index contributed by atoms with van der Waals surface area (Å²) in [6.45, 7) is 11.6. The van der Waals surface area contributed by atoms with E-state index < -0.39 is 0 Å². The van der Waals surface area contributed by atoms with Gasteiger partial charge >= 0.3 is 0 Å². The first-order valence-corrected chi connectivity index (χ1v) is 7.17. The van der Waals surface area contributed by atoms with E-state index in [9.17, 15) is 0 Å². The summed E-state index contributed by atoms with van der Waals surface area (Å²) >= 11 is 0. The van der Waals surface area contributed by atoms with Crippen LogP contribution in [0.25, 0.3) is 0 Å². The molecule has 6 heteroatoms. The first-order valence-electron chi connectivity index (χ1n) is 7.17. The van der Waals surface area contributed by atoms with Crippen molar-refractivity contribution in [2.45, 2.75) is 46.2 Å². The summed E-state index contributed by atoms with van der Waals surface area (Å²) in [6, 6.07) is 1.96. The van der Waals surface area contributed by atoms with E-state index in [0.717, 1.165) is 19.6 Å². The minimum atomic E-state index is 0. The largest absolute Gasteiger partial charge is 0.312 e. The summed E-state index contributed by atoms with van der Waals surface area (Å²) in [4.78, 5) is 0. The van der Waals surface area contributed by atoms with Gasteiger partial charge in [-0.05, 0) is 18.5 Å². The van der Waals surface area contributed by atoms with E-state index in [2.05, 4.69) is 48.3 Å². The molecule has 5 nitrogen and oxygen atoms in total. The predicted molar refractivity (Wildman–Crippen MR) is 87.6 cm³/mol. The number of halogens is 1. The zero-order valence-electron chi connectivity index (χ0n) is 13.3. The molecule has 118 valence electrons. The Morgan fingerprint density at radius 2 is 2.14 bits per heavy atom. The Bertz CT molecular complexity index is 512. The Kier molecular flexibility index (Phi) is 6.42. The van der Waals surface area contributed by atoms with Crippen LogP contribution < -0.4 is 5.32 Å². The Labute approximate surface area is 132 Å². The average molecular weight is 312 g/mol. The van der Waals surface area contributed by atoms with Crippen LogP contribution in [0.15, 0.2) is 24.7 Å². The van der Waals surface area contributed by atoms with E-state index >= 15 is 0 Å². The van der Waals surface area contributed by atoms with Gasteiger partial charge in [0.1, 0.15) is 0 Å². The van der Waals surface area contributed by atoms with Crippen LogP contribution >= 0.6 is 12.4 Å². The number of hydrogen-bond acceptors (Lipinski definition) is 3. The number of nitrogens with one attached hydrogen (secondary N) is 2. The number of aromatic nitrogens is 4. The second-order valence-electron chi connectivity index (χ2n) is 6.48. The first kappa shape index (κ1) is 17.7. The standard InChI is InChI=1S/C15H25N5.ClH/c1-12(11-20-7-5-6-18-20)8-16-9-13-10-17-19-14(13)15(2,3)4;/h5-7,10,12,16H,8-9,11H2,1-4H3,(H,17,19);1H. The molecule has 2 aromatic rings. The van der Waals surface area contributed by atoms with Crippen LogP contribution in [0.3, 0.4) is 0 Å². The summed E-state index contributed by atoms with van der Waals surface area (Å²) < 4.78 is 1.98. The van der Waals surface area contributed by atoms with E-state index in [0.29, 0.717) is 5.92 Å². The molecule has 1 atom stereocenters. The van der Waals surface area contributed by atoms with Gasteiger partial charge in [-0.2, -0.15) is 10.2 Å². The maximum absolute atomic E-state index is 4.23. The molecule has 0 spiro atoms. The van der Waals surface area contributed by atoms with Crippen molar-refractivity contribution in [1.29, 1.82) is 0 Å². The number of nitrogens with zero attached hydrogens (tertiary/aromatic N) is 3. The lowest BCUT2D eigenvalue weighted by Gasteiger charge is -2.19. The zero-order valence-corrected chi connectivity index (χ0v) is 14.1. The van der Waals surface area contributed by atoms with Crippen molar-refractivity contribution in [3.05, 3.63) is 35.9 Å². The van der Waals surface area contributed by atoms with Gasteiger partial charge in [-0.3, -0.25) is 9.78 Å². The Morgan fingerprint density at radius 1 is 1.38 bits per heavy atom. The molecule has 0 radical (unpaired) electrons. The molecule has 2 heterocycles. The van der Waals surface area contributed by atoms with Gasteiger partial charge in [0.15, 0.2) is 0 Å². The van der Waals surface area contributed by atoms with Crippen molar-refractivity contribution in [3.8, 4) is 0 Å². The fraction of sp³-hybridized carbons (Fsp3) is 0.600. The third-order valence-electron chi connectivity index (χ3n) is 3.33. The summed E-state index contributed by atoms with van der Waals surface area (Å²) in [5.74, 6) is 0.542. The Balaban J connectivity index is 0.00000220. The van der Waals surface area contributed by atoms with Crippen molar-refractivity contribution in [2.24, 2.45) is 5.92 Å². The predicted octanol–water partition coefficient (Wildman–Crippen LogP) is 2.75. The molecule has 0 fully saturated rings. The zero-order chi connectivity index (χ0) is 14.6. The normalized spacial score (nSPS) is 13.0. The molecule has 2 aromatic heterocycles. The Morgan fingerprint density at radius 3 is 2.76 bits per heavy atom. The van der Waals surface area contributed by atoms with Gasteiger partial charge in [0.05, 0.1) is 6.20 Å². The lowest BCUT2D eigenvalue weighted by atomic mass is 9.89. The molecule has 21 heavy (non-hydrogen) atoms. The third-order valence-corrected chi connectivity index (χ3v) is 3.33. The highest BCUT2D eigenvalue weighted by atomic mass is 35.5. The topological polar surface area (TPSA) is 58.5 Å². The Hall–Kier alpha value is -1.33. The van der Waals surface area contributed by atoms with Crippen molar-refractivity contribution >= 4 is 12.4 Å². The van der Waals surface area contributed by atoms with E-state index in [-0.39, 0.29) is 17.8 Å². The van der Waals surface area contributed by atoms with Crippen LogP contribution in [-0.2, 0) is 18.5 Å². The van der Waals surface area contributed by atoms with Crippen LogP contribution in [0, 0.1) is 5.92 Å². The van der Waals surface area contributed by atoms with Crippen molar-refractivity contribution in [3.63, 3.8) is 0 Å². The van der Waals surface area contributed by atoms with Gasteiger partial charge < -0.3 is 5.32 Å². The average Bonchev–Trinajstić information content (AvgIpc) is 2.98. The fourth-order valence-electron chi connectivity index (χ4n) is 2.34. The molecule has 0 bridgehead atoms. The maximum atomic E-state index is 4.23. The molecular weight excluding hydrogens is 286 g/mol. The van der Waals surface area contributed by atoms with Gasteiger partial charge in [-0.1, -0.05) is 27.7 Å². The van der Waals surface area contributed by atoms with Gasteiger partial charge in [-0.15, -0.1) is 12.4 Å². The van der Waals surface area contributed by atoms with Crippen molar-refractivity contribution < 1.29 is 0 Å². The molecule has 0 aliphatic rings. The fourth-order valence-corrected chi connectivity index (χ4v) is 2.34. The van der Waals surface area contributed by atoms with Crippen LogP contribution in [0.4, 0.5) is 0 Å². The molecule has 0 aliphatic heterocycles. The van der Waals surface area contributed by atoms with E-state index in [4.69, 9.17) is 0 Å². The van der Waals surface area contributed by atoms with Crippen LogP contribution in [0.2, 0.25) is 0 Å². The number of hydrogen-bond donors (Lipinski definition) is 2. The van der Waals surface area contributed by atoms with Gasteiger partial charge in [0.2, 0.25) is 0 Å². The SMILES string of the molecule is CC(CNCc1cn[nH]c1C(C)(C)C)Cn1cccn1.Cl. The third kappa shape index (κ3) is 5.17. The van der Waals surface area contributed by atoms with Crippen molar-refractivity contribution in [1.82, 2.24) is 25.3 Å². The second-order valence-corrected chi connectivity index (χ2v) is 6.48. The summed E-state index contributed by atoms with van der Waals surface area (Å²) in [6.07, 6.45) is 5.75. The molecular formula is C15H26ClN5. The molecule has 0 saturated carbocycles. The first-order chi connectivity index (χ1) is 9.47. The lowest BCUT2D eigenvalue weighted by molar-refractivity contribution is 0.420.